The van der Waals surface area contributed by atoms with Gasteiger partial charge in [-0.2, -0.15) is 0 Å². The quantitative estimate of drug-likeness (QED) is 0.861. The SMILES string of the molecule is CCc1ccc(C2CCNCC2)c(NC(C)=O)c1. The number of anilines is 1. The summed E-state index contributed by atoms with van der Waals surface area (Å²) >= 11 is 0. The first-order valence-corrected chi connectivity index (χ1v) is 6.82. The van der Waals surface area contributed by atoms with Crippen molar-refractivity contribution in [3.63, 3.8) is 0 Å². The molecule has 2 N–H and O–H groups in total. The molecule has 2 rings (SSSR count). The Morgan fingerprint density at radius 3 is 2.72 bits per heavy atom. The second kappa shape index (κ2) is 6.01. The van der Waals surface area contributed by atoms with Gasteiger partial charge in [0.15, 0.2) is 0 Å². The van der Waals surface area contributed by atoms with Gasteiger partial charge in [-0.1, -0.05) is 19.1 Å². The predicted octanol–water partition coefficient (Wildman–Crippen LogP) is 2.67. The Labute approximate surface area is 109 Å². The van der Waals surface area contributed by atoms with E-state index in [1.54, 1.807) is 6.92 Å². The van der Waals surface area contributed by atoms with E-state index >= 15 is 0 Å². The molecule has 18 heavy (non-hydrogen) atoms. The lowest BCUT2D eigenvalue weighted by Crippen LogP contribution is -2.27. The van der Waals surface area contributed by atoms with Crippen LogP contribution < -0.4 is 10.6 Å². The lowest BCUT2D eigenvalue weighted by molar-refractivity contribution is -0.114. The molecule has 0 saturated carbocycles. The normalized spacial score (nSPS) is 16.6. The smallest absolute Gasteiger partial charge is 0.221 e. The highest BCUT2D eigenvalue weighted by atomic mass is 16.1. The van der Waals surface area contributed by atoms with E-state index in [2.05, 4.69) is 35.8 Å². The first-order valence-electron chi connectivity index (χ1n) is 6.82. The van der Waals surface area contributed by atoms with Crippen LogP contribution in [0.25, 0.3) is 0 Å². The van der Waals surface area contributed by atoms with E-state index in [0.717, 1.165) is 38.0 Å². The van der Waals surface area contributed by atoms with Gasteiger partial charge in [-0.05, 0) is 55.5 Å². The number of rotatable bonds is 3. The highest BCUT2D eigenvalue weighted by molar-refractivity contribution is 5.89. The summed E-state index contributed by atoms with van der Waals surface area (Å²) in [5.41, 5.74) is 3.58. The molecular weight excluding hydrogens is 224 g/mol. The summed E-state index contributed by atoms with van der Waals surface area (Å²) in [6.07, 6.45) is 3.30. The largest absolute Gasteiger partial charge is 0.326 e. The Bertz CT molecular complexity index is 423. The zero-order valence-corrected chi connectivity index (χ0v) is 11.3. The van der Waals surface area contributed by atoms with Gasteiger partial charge in [-0.15, -0.1) is 0 Å². The Morgan fingerprint density at radius 1 is 1.39 bits per heavy atom. The molecule has 0 unspecified atom stereocenters. The molecule has 0 spiro atoms. The number of carbonyl (C=O) groups is 1. The van der Waals surface area contributed by atoms with Crippen LogP contribution in [-0.2, 0) is 11.2 Å². The van der Waals surface area contributed by atoms with E-state index in [-0.39, 0.29) is 5.91 Å². The standard InChI is InChI=1S/C15H22N2O/c1-3-12-4-5-14(13-6-8-16-9-7-13)15(10-12)17-11(2)18/h4-5,10,13,16H,3,6-9H2,1-2H3,(H,17,18). The van der Waals surface area contributed by atoms with E-state index in [1.165, 1.54) is 11.1 Å². The lowest BCUT2D eigenvalue weighted by atomic mass is 9.88. The molecule has 1 fully saturated rings. The fourth-order valence-corrected chi connectivity index (χ4v) is 2.61. The number of hydrogen-bond donors (Lipinski definition) is 2. The molecule has 1 aliphatic rings. The van der Waals surface area contributed by atoms with Crippen LogP contribution in [0.1, 0.15) is 43.7 Å². The third-order valence-electron chi connectivity index (χ3n) is 3.62. The molecular formula is C15H22N2O. The van der Waals surface area contributed by atoms with Crippen LogP contribution in [0, 0.1) is 0 Å². The molecule has 1 amide bonds. The number of amides is 1. The van der Waals surface area contributed by atoms with Crippen molar-refractivity contribution in [1.82, 2.24) is 5.32 Å². The lowest BCUT2D eigenvalue weighted by Gasteiger charge is -2.25. The van der Waals surface area contributed by atoms with Gasteiger partial charge in [-0.25, -0.2) is 0 Å². The van der Waals surface area contributed by atoms with Crippen LogP contribution in [0.3, 0.4) is 0 Å². The minimum absolute atomic E-state index is 0.0124. The summed E-state index contributed by atoms with van der Waals surface area (Å²) in [4.78, 5) is 11.3. The van der Waals surface area contributed by atoms with Crippen LogP contribution in [0.5, 0.6) is 0 Å². The second-order valence-corrected chi connectivity index (χ2v) is 4.98. The monoisotopic (exact) mass is 246 g/mol. The molecule has 0 atom stereocenters. The maximum Gasteiger partial charge on any atom is 0.221 e. The van der Waals surface area contributed by atoms with Gasteiger partial charge >= 0.3 is 0 Å². The summed E-state index contributed by atoms with van der Waals surface area (Å²) in [6, 6.07) is 6.50. The Morgan fingerprint density at radius 2 is 2.11 bits per heavy atom. The molecule has 3 nitrogen and oxygen atoms in total. The number of piperidine rings is 1. The highest BCUT2D eigenvalue weighted by Gasteiger charge is 2.18. The van der Waals surface area contributed by atoms with Gasteiger partial charge in [0.2, 0.25) is 5.91 Å². The number of benzene rings is 1. The van der Waals surface area contributed by atoms with Crippen LogP contribution >= 0.6 is 0 Å². The number of nitrogens with one attached hydrogen (secondary N) is 2. The van der Waals surface area contributed by atoms with Crippen molar-refractivity contribution in [3.05, 3.63) is 29.3 Å². The fraction of sp³-hybridized carbons (Fsp3) is 0.533. The molecule has 1 aromatic carbocycles. The summed E-state index contributed by atoms with van der Waals surface area (Å²) in [6.45, 7) is 5.85. The predicted molar refractivity (Wildman–Crippen MR) is 75.0 cm³/mol. The molecule has 1 aromatic rings. The molecule has 3 heteroatoms. The number of aryl methyl sites for hydroxylation is 1. The van der Waals surface area contributed by atoms with Gasteiger partial charge in [-0.3, -0.25) is 4.79 Å². The zero-order valence-electron chi connectivity index (χ0n) is 11.3. The summed E-state index contributed by atoms with van der Waals surface area (Å²) in [5.74, 6) is 0.581. The average molecular weight is 246 g/mol. The van der Waals surface area contributed by atoms with E-state index in [9.17, 15) is 4.79 Å². The minimum atomic E-state index is 0.0124. The van der Waals surface area contributed by atoms with Crippen LogP contribution in [0.15, 0.2) is 18.2 Å². The van der Waals surface area contributed by atoms with Gasteiger partial charge < -0.3 is 10.6 Å². The Hall–Kier alpha value is -1.35. The van der Waals surface area contributed by atoms with Crippen molar-refractivity contribution in [2.24, 2.45) is 0 Å². The van der Waals surface area contributed by atoms with Crippen molar-refractivity contribution in [2.45, 2.75) is 39.0 Å². The fourth-order valence-electron chi connectivity index (χ4n) is 2.61. The maximum absolute atomic E-state index is 11.3. The molecule has 0 radical (unpaired) electrons. The molecule has 0 bridgehead atoms. The van der Waals surface area contributed by atoms with Crippen molar-refractivity contribution in [3.8, 4) is 0 Å². The maximum atomic E-state index is 11.3. The summed E-state index contributed by atoms with van der Waals surface area (Å²) < 4.78 is 0. The Kier molecular flexibility index (Phi) is 4.37. The van der Waals surface area contributed by atoms with Crippen LogP contribution in [-0.4, -0.2) is 19.0 Å². The average Bonchev–Trinajstić information content (AvgIpc) is 2.39. The number of hydrogen-bond acceptors (Lipinski definition) is 2. The summed E-state index contributed by atoms with van der Waals surface area (Å²) in [5, 5.41) is 6.37. The molecule has 0 aromatic heterocycles. The van der Waals surface area contributed by atoms with Crippen LogP contribution in [0.2, 0.25) is 0 Å². The molecule has 98 valence electrons. The molecule has 1 heterocycles. The van der Waals surface area contributed by atoms with Crippen molar-refractivity contribution in [2.75, 3.05) is 18.4 Å². The van der Waals surface area contributed by atoms with E-state index in [1.807, 2.05) is 0 Å². The molecule has 1 saturated heterocycles. The Balaban J connectivity index is 2.28. The van der Waals surface area contributed by atoms with E-state index < -0.39 is 0 Å². The number of carbonyl (C=O) groups excluding carboxylic acids is 1. The van der Waals surface area contributed by atoms with E-state index in [0.29, 0.717) is 5.92 Å². The third-order valence-corrected chi connectivity index (χ3v) is 3.62. The van der Waals surface area contributed by atoms with E-state index in [4.69, 9.17) is 0 Å². The zero-order chi connectivity index (χ0) is 13.0. The minimum Gasteiger partial charge on any atom is -0.326 e. The van der Waals surface area contributed by atoms with Gasteiger partial charge in [0.25, 0.3) is 0 Å². The molecule has 1 aliphatic heterocycles. The molecule has 0 aliphatic carbocycles. The van der Waals surface area contributed by atoms with Crippen molar-refractivity contribution < 1.29 is 4.79 Å². The van der Waals surface area contributed by atoms with Gasteiger partial charge in [0.05, 0.1) is 0 Å². The first-order chi connectivity index (χ1) is 8.70. The topological polar surface area (TPSA) is 41.1 Å². The third kappa shape index (κ3) is 3.10. The van der Waals surface area contributed by atoms with Crippen molar-refractivity contribution >= 4 is 11.6 Å². The highest BCUT2D eigenvalue weighted by Crippen LogP contribution is 2.32. The van der Waals surface area contributed by atoms with Gasteiger partial charge in [0.1, 0.15) is 0 Å². The first kappa shape index (κ1) is 13.1. The van der Waals surface area contributed by atoms with Crippen LogP contribution in [0.4, 0.5) is 5.69 Å². The summed E-state index contributed by atoms with van der Waals surface area (Å²) in [7, 11) is 0. The van der Waals surface area contributed by atoms with Gasteiger partial charge in [0, 0.05) is 12.6 Å². The van der Waals surface area contributed by atoms with Crippen molar-refractivity contribution in [1.29, 1.82) is 0 Å². The second-order valence-electron chi connectivity index (χ2n) is 4.98.